The van der Waals surface area contributed by atoms with E-state index in [0.29, 0.717) is 12.4 Å². The topological polar surface area (TPSA) is 237 Å². The third kappa shape index (κ3) is 28.8. The number of rotatable bonds is 27. The van der Waals surface area contributed by atoms with Crippen LogP contribution in [0.5, 0.6) is 5.75 Å². The van der Waals surface area contributed by atoms with Crippen molar-refractivity contribution in [1.29, 1.82) is 0 Å². The second-order valence-electron chi connectivity index (χ2n) is 9.62. The number of benzene rings is 1. The molecule has 15 nitrogen and oxygen atoms in total. The average Bonchev–Trinajstić information content (AvgIpc) is 2.97. The third-order valence-electron chi connectivity index (χ3n) is 5.82. The highest BCUT2D eigenvalue weighted by atomic mass is 31.2. The minimum atomic E-state index is -2.77. The molecule has 1 aromatic rings. The van der Waals surface area contributed by atoms with E-state index in [-0.39, 0.29) is 0 Å². The monoisotopic (exact) mass is 732 g/mol. The maximum Gasteiger partial charge on any atom is 0.394 e. The zero-order valence-corrected chi connectivity index (χ0v) is 29.4. The summed E-state index contributed by atoms with van der Waals surface area (Å²) in [5.41, 5.74) is -1.48. The molecule has 0 bridgehead atoms. The van der Waals surface area contributed by atoms with Crippen LogP contribution in [0.2, 0.25) is 0 Å². The van der Waals surface area contributed by atoms with Crippen molar-refractivity contribution in [3.63, 3.8) is 0 Å². The van der Waals surface area contributed by atoms with Gasteiger partial charge in [0, 0.05) is 0 Å². The Bertz CT molecular complexity index is 702. The maximum absolute atomic E-state index is 9.68. The Labute approximate surface area is 266 Å². The standard InChI is InChI=1S/C19H33O3P.C5H16O12P4/c1-2-3-4-5-6-7-8-9-10-11-15-18-21-23(20)22-19-16-13-12-14-17-19;6-18(7)14-1-5(2-15-19(8)9,3-16-20(10)11)4-17-21(12)13/h12-14,16-17,20H,2-11,15,18H2,1H3;6-13H,1-4H2. The van der Waals surface area contributed by atoms with Crippen molar-refractivity contribution in [3.05, 3.63) is 30.3 Å². The van der Waals surface area contributed by atoms with Gasteiger partial charge >= 0.3 is 43.0 Å². The van der Waals surface area contributed by atoms with E-state index < -0.39 is 74.9 Å². The van der Waals surface area contributed by atoms with Crippen LogP contribution in [-0.4, -0.2) is 77.1 Å². The fourth-order valence-corrected chi connectivity index (χ4v) is 5.73. The van der Waals surface area contributed by atoms with Gasteiger partial charge in [-0.05, 0) is 18.6 Å². The van der Waals surface area contributed by atoms with E-state index in [1.807, 2.05) is 30.3 Å². The van der Waals surface area contributed by atoms with E-state index in [4.69, 9.17) is 48.2 Å². The van der Waals surface area contributed by atoms with Gasteiger partial charge in [0.25, 0.3) is 0 Å². The predicted molar refractivity (Wildman–Crippen MR) is 170 cm³/mol. The molecular weight excluding hydrogens is 683 g/mol. The smallest absolute Gasteiger partial charge is 0.394 e. The minimum Gasteiger partial charge on any atom is -0.427 e. The molecule has 0 aliphatic rings. The molecule has 0 saturated heterocycles. The molecular formula is C24H49O15P5. The van der Waals surface area contributed by atoms with Crippen LogP contribution in [0.4, 0.5) is 0 Å². The van der Waals surface area contributed by atoms with Crippen molar-refractivity contribution in [3.8, 4) is 5.75 Å². The molecule has 0 saturated carbocycles. The summed E-state index contributed by atoms with van der Waals surface area (Å²) in [7, 11) is -12.9. The lowest BCUT2D eigenvalue weighted by Crippen LogP contribution is -2.40. The summed E-state index contributed by atoms with van der Waals surface area (Å²) >= 11 is 0. The molecule has 260 valence electrons. The quantitative estimate of drug-likeness (QED) is 0.0401. The van der Waals surface area contributed by atoms with Crippen molar-refractivity contribution < 1.29 is 71.2 Å². The highest BCUT2D eigenvalue weighted by molar-refractivity contribution is 7.41. The van der Waals surface area contributed by atoms with Gasteiger partial charge in [-0.15, -0.1) is 0 Å². The molecule has 0 fully saturated rings. The normalized spacial score (nSPS) is 12.7. The largest absolute Gasteiger partial charge is 0.427 e. The van der Waals surface area contributed by atoms with Crippen molar-refractivity contribution in [1.82, 2.24) is 0 Å². The number of unbranched alkanes of at least 4 members (excludes halogenated alkanes) is 10. The summed E-state index contributed by atoms with van der Waals surface area (Å²) in [6.07, 6.45) is 14.4. The van der Waals surface area contributed by atoms with Crippen LogP contribution in [0.25, 0.3) is 0 Å². The van der Waals surface area contributed by atoms with Gasteiger partial charge in [-0.3, -0.25) is 0 Å². The van der Waals surface area contributed by atoms with Crippen molar-refractivity contribution in [2.24, 2.45) is 5.41 Å². The van der Waals surface area contributed by atoms with Gasteiger partial charge in [-0.1, -0.05) is 89.3 Å². The van der Waals surface area contributed by atoms with E-state index in [0.717, 1.165) is 6.42 Å². The zero-order chi connectivity index (χ0) is 33.1. The van der Waals surface area contributed by atoms with Crippen LogP contribution in [0, 0.1) is 5.41 Å². The number of hydrogen-bond acceptors (Lipinski definition) is 15. The van der Waals surface area contributed by atoms with E-state index in [9.17, 15) is 4.89 Å². The first-order chi connectivity index (χ1) is 21.0. The maximum atomic E-state index is 9.68. The summed E-state index contributed by atoms with van der Waals surface area (Å²) in [4.78, 5) is 79.6. The summed E-state index contributed by atoms with van der Waals surface area (Å²) in [6.45, 7) is 0.731. The second-order valence-corrected chi connectivity index (χ2v) is 13.6. The molecule has 0 spiro atoms. The molecule has 0 radical (unpaired) electrons. The van der Waals surface area contributed by atoms with Crippen LogP contribution in [0.3, 0.4) is 0 Å². The van der Waals surface area contributed by atoms with Gasteiger partial charge in [-0.2, -0.15) is 0 Å². The van der Waals surface area contributed by atoms with E-state index in [2.05, 4.69) is 25.0 Å². The van der Waals surface area contributed by atoms with Gasteiger partial charge in [0.2, 0.25) is 0 Å². The SMILES string of the molecule is CCCCCCCCCCCCCOP(O)Oc1ccccc1.OP(O)OCC(COP(O)O)(COP(O)O)COP(O)O. The molecule has 0 heterocycles. The van der Waals surface area contributed by atoms with Crippen molar-refractivity contribution >= 4 is 43.0 Å². The predicted octanol–water partition coefficient (Wildman–Crippen LogP) is 5.50. The molecule has 0 aromatic heterocycles. The first-order valence-corrected chi connectivity index (χ1v) is 19.9. The lowest BCUT2D eigenvalue weighted by Gasteiger charge is -2.32. The Morgan fingerprint density at radius 1 is 0.500 bits per heavy atom. The number of hydrogen-bond donors (Lipinski definition) is 9. The summed E-state index contributed by atoms with van der Waals surface area (Å²) in [6, 6.07) is 9.30. The lowest BCUT2D eigenvalue weighted by atomic mass is 9.93. The van der Waals surface area contributed by atoms with Crippen LogP contribution in [0.15, 0.2) is 30.3 Å². The van der Waals surface area contributed by atoms with E-state index in [1.54, 1.807) is 0 Å². The van der Waals surface area contributed by atoms with E-state index >= 15 is 0 Å². The Morgan fingerprint density at radius 3 is 1.23 bits per heavy atom. The van der Waals surface area contributed by atoms with Crippen LogP contribution < -0.4 is 4.52 Å². The van der Waals surface area contributed by atoms with Crippen LogP contribution >= 0.6 is 43.0 Å². The third-order valence-corrected chi connectivity index (χ3v) is 8.03. The molecule has 1 unspecified atom stereocenters. The molecule has 20 heteroatoms. The Kier molecular flexibility index (Phi) is 30.1. The fraction of sp³-hybridized carbons (Fsp3) is 0.750. The van der Waals surface area contributed by atoms with Crippen molar-refractivity contribution in [2.75, 3.05) is 33.0 Å². The second kappa shape index (κ2) is 29.7. The molecule has 1 aromatic carbocycles. The van der Waals surface area contributed by atoms with Crippen LogP contribution in [-0.2, 0) is 22.6 Å². The fourth-order valence-electron chi connectivity index (χ4n) is 3.54. The molecule has 0 amide bonds. The van der Waals surface area contributed by atoms with Gasteiger partial charge in [0.1, 0.15) is 5.75 Å². The zero-order valence-electron chi connectivity index (χ0n) is 24.9. The number of para-hydroxylation sites is 1. The Balaban J connectivity index is 0.000000845. The van der Waals surface area contributed by atoms with Gasteiger partial charge < -0.3 is 71.2 Å². The average molecular weight is 733 g/mol. The Morgan fingerprint density at radius 2 is 0.864 bits per heavy atom. The lowest BCUT2D eigenvalue weighted by molar-refractivity contribution is -0.0137. The first kappa shape index (κ1) is 44.6. The summed E-state index contributed by atoms with van der Waals surface area (Å²) in [5, 5.41) is 0. The molecule has 0 aliphatic heterocycles. The molecule has 44 heavy (non-hydrogen) atoms. The van der Waals surface area contributed by atoms with Crippen molar-refractivity contribution in [2.45, 2.75) is 77.6 Å². The summed E-state index contributed by atoms with van der Waals surface area (Å²) < 4.78 is 28.9. The van der Waals surface area contributed by atoms with Gasteiger partial charge in [0.05, 0.1) is 38.4 Å². The van der Waals surface area contributed by atoms with Crippen LogP contribution in [0.1, 0.15) is 77.6 Å². The molecule has 9 N–H and O–H groups in total. The first-order valence-electron chi connectivity index (χ1n) is 14.1. The molecule has 1 rings (SSSR count). The van der Waals surface area contributed by atoms with Gasteiger partial charge in [0.15, 0.2) is 0 Å². The van der Waals surface area contributed by atoms with E-state index in [1.165, 1.54) is 64.2 Å². The molecule has 1 atom stereocenters. The Hall–Kier alpha value is 0.610. The summed E-state index contributed by atoms with van der Waals surface area (Å²) in [5.74, 6) is 0.653. The highest BCUT2D eigenvalue weighted by Crippen LogP contribution is 2.39. The highest BCUT2D eigenvalue weighted by Gasteiger charge is 2.36. The van der Waals surface area contributed by atoms with Gasteiger partial charge in [-0.25, -0.2) is 0 Å². The molecule has 0 aliphatic carbocycles. The minimum absolute atomic E-state index is 0.527.